The van der Waals surface area contributed by atoms with Crippen molar-refractivity contribution in [1.29, 1.82) is 10.5 Å². The summed E-state index contributed by atoms with van der Waals surface area (Å²) in [6.07, 6.45) is 13.2. The fourth-order valence-corrected chi connectivity index (χ4v) is 6.60. The average Bonchev–Trinajstić information content (AvgIpc) is 2.93. The van der Waals surface area contributed by atoms with Crippen LogP contribution in [-0.4, -0.2) is 5.97 Å². The molecule has 3 aliphatic carbocycles. The molecule has 0 amide bonds. The number of unbranched alkanes of at least 4 members (excludes halogenated alkanes) is 2. The molecule has 2 bridgehead atoms. The second kappa shape index (κ2) is 11.5. The summed E-state index contributed by atoms with van der Waals surface area (Å²) in [5.41, 5.74) is 3.75. The lowest BCUT2D eigenvalue weighted by Crippen LogP contribution is -2.44. The minimum Gasteiger partial charge on any atom is -0.426 e. The van der Waals surface area contributed by atoms with Gasteiger partial charge in [0.15, 0.2) is 0 Å². The molecule has 0 N–H and O–H groups in total. The Balaban J connectivity index is 1.51. The van der Waals surface area contributed by atoms with Gasteiger partial charge >= 0.3 is 5.97 Å². The van der Waals surface area contributed by atoms with Crippen molar-refractivity contribution in [1.82, 2.24) is 0 Å². The molecule has 3 aliphatic rings. The number of nitrogens with zero attached hydrogens (tertiary/aromatic N) is 2. The van der Waals surface area contributed by atoms with E-state index in [9.17, 15) is 19.7 Å². The molecule has 5 rings (SSSR count). The van der Waals surface area contributed by atoms with Gasteiger partial charge in [0.1, 0.15) is 23.7 Å². The molecular weight excluding hydrogens is 463 g/mol. The lowest BCUT2D eigenvalue weighted by molar-refractivity contribution is -0.134. The third-order valence-corrected chi connectivity index (χ3v) is 9.01. The Labute approximate surface area is 220 Å². The zero-order chi connectivity index (χ0) is 26.5. The van der Waals surface area contributed by atoms with Gasteiger partial charge in [0, 0.05) is 12.5 Å². The normalized spacial score (nSPS) is 22.3. The van der Waals surface area contributed by atoms with Crippen molar-refractivity contribution >= 4 is 5.97 Å². The van der Waals surface area contributed by atoms with E-state index in [-0.39, 0.29) is 17.6 Å². The molecule has 0 heterocycles. The molecule has 0 atom stereocenters. The monoisotopic (exact) mass is 500 g/mol. The van der Waals surface area contributed by atoms with Crippen LogP contribution in [0.15, 0.2) is 30.3 Å². The van der Waals surface area contributed by atoms with Gasteiger partial charge in [0.2, 0.25) is 0 Å². The van der Waals surface area contributed by atoms with Crippen LogP contribution in [0.2, 0.25) is 0 Å². The number of carbonyl (C=O) groups is 1. The molecule has 0 radical (unpaired) electrons. The van der Waals surface area contributed by atoms with E-state index in [0.29, 0.717) is 34.9 Å². The summed E-state index contributed by atoms with van der Waals surface area (Å²) >= 11 is 0. The number of fused-ring (bicyclic) bond motifs is 3. The van der Waals surface area contributed by atoms with Crippen molar-refractivity contribution in [3.05, 3.63) is 64.0 Å². The van der Waals surface area contributed by atoms with Crippen molar-refractivity contribution in [3.8, 4) is 17.9 Å². The Morgan fingerprint density at radius 2 is 1.57 bits per heavy atom. The van der Waals surface area contributed by atoms with Crippen LogP contribution in [0.3, 0.4) is 0 Å². The molecule has 194 valence electrons. The van der Waals surface area contributed by atoms with E-state index < -0.39 is 11.8 Å². The van der Waals surface area contributed by atoms with Crippen molar-refractivity contribution < 1.29 is 13.9 Å². The predicted octanol–water partition coefficient (Wildman–Crippen LogP) is 7.84. The molecule has 2 aromatic carbocycles. The quantitative estimate of drug-likeness (QED) is 0.189. The number of halogens is 1. The Morgan fingerprint density at radius 1 is 0.919 bits per heavy atom. The van der Waals surface area contributed by atoms with Crippen LogP contribution >= 0.6 is 0 Å². The Bertz CT molecular complexity index is 1210. The third-order valence-electron chi connectivity index (χ3n) is 9.01. The van der Waals surface area contributed by atoms with Crippen LogP contribution in [0.1, 0.15) is 112 Å². The summed E-state index contributed by atoms with van der Waals surface area (Å²) in [7, 11) is 0. The number of aryl methyl sites for hydroxylation is 2. The van der Waals surface area contributed by atoms with Crippen molar-refractivity contribution in [3.63, 3.8) is 0 Å². The van der Waals surface area contributed by atoms with E-state index in [1.807, 2.05) is 6.07 Å². The van der Waals surface area contributed by atoms with E-state index in [1.165, 1.54) is 51.0 Å². The van der Waals surface area contributed by atoms with Crippen molar-refractivity contribution in [2.75, 3.05) is 0 Å². The van der Waals surface area contributed by atoms with E-state index in [0.717, 1.165) is 30.4 Å². The van der Waals surface area contributed by atoms with Crippen molar-refractivity contribution in [2.24, 2.45) is 5.41 Å². The fraction of sp³-hybridized carbons (Fsp3) is 0.531. The highest BCUT2D eigenvalue weighted by Crippen LogP contribution is 2.60. The van der Waals surface area contributed by atoms with Gasteiger partial charge in [-0.05, 0) is 91.4 Å². The van der Waals surface area contributed by atoms with Gasteiger partial charge in [0.25, 0.3) is 0 Å². The number of rotatable bonds is 10. The first-order valence-electron chi connectivity index (χ1n) is 13.8. The van der Waals surface area contributed by atoms with E-state index in [4.69, 9.17) is 4.74 Å². The minimum absolute atomic E-state index is 0.000434. The molecule has 3 fully saturated rings. The van der Waals surface area contributed by atoms with Gasteiger partial charge in [-0.1, -0.05) is 51.3 Å². The van der Waals surface area contributed by atoms with Crippen LogP contribution in [0.25, 0.3) is 0 Å². The van der Waals surface area contributed by atoms with Crippen LogP contribution in [-0.2, 0) is 23.1 Å². The number of benzene rings is 2. The number of carbonyl (C=O) groups excluding carboxylic acids is 1. The second-order valence-corrected chi connectivity index (χ2v) is 11.1. The first-order valence-corrected chi connectivity index (χ1v) is 13.8. The summed E-state index contributed by atoms with van der Waals surface area (Å²) < 4.78 is 19.8. The molecule has 4 nitrogen and oxygen atoms in total. The molecule has 2 aromatic rings. The molecule has 0 aliphatic heterocycles. The van der Waals surface area contributed by atoms with E-state index >= 15 is 0 Å². The third kappa shape index (κ3) is 5.57. The molecule has 0 unspecified atom stereocenters. The summed E-state index contributed by atoms with van der Waals surface area (Å²) in [6, 6.07) is 13.2. The summed E-state index contributed by atoms with van der Waals surface area (Å²) in [5, 5.41) is 20.2. The lowest BCUT2D eigenvalue weighted by atomic mass is 9.50. The van der Waals surface area contributed by atoms with Gasteiger partial charge in [-0.15, -0.1) is 0 Å². The van der Waals surface area contributed by atoms with Gasteiger partial charge in [-0.3, -0.25) is 4.79 Å². The Morgan fingerprint density at radius 3 is 2.16 bits per heavy atom. The predicted molar refractivity (Wildman–Crippen MR) is 142 cm³/mol. The molecular formula is C32H37FN2O2. The topological polar surface area (TPSA) is 73.9 Å². The molecule has 37 heavy (non-hydrogen) atoms. The smallest absolute Gasteiger partial charge is 0.310 e. The van der Waals surface area contributed by atoms with Crippen LogP contribution in [0, 0.1) is 33.9 Å². The fourth-order valence-electron chi connectivity index (χ4n) is 6.60. The van der Waals surface area contributed by atoms with Gasteiger partial charge < -0.3 is 4.74 Å². The standard InChI is InChI=1S/C32H37FN2O2/c1-3-5-6-13-31-14-17-32(18-15-31,19-16-31)28-12-10-23(26(21-34)27(28)22-35)7-8-24-9-11-25(20-29(24)33)37-30(36)4-2/h9-12,20H,3-8,13-19H2,1-2H3. The lowest BCUT2D eigenvalue weighted by Gasteiger charge is -2.54. The van der Waals surface area contributed by atoms with E-state index in [2.05, 4.69) is 25.1 Å². The Kier molecular flexibility index (Phi) is 8.33. The highest BCUT2D eigenvalue weighted by Gasteiger charge is 2.49. The number of nitriles is 2. The minimum atomic E-state index is -0.442. The first-order chi connectivity index (χ1) is 17.9. The summed E-state index contributed by atoms with van der Waals surface area (Å²) in [4.78, 5) is 11.5. The summed E-state index contributed by atoms with van der Waals surface area (Å²) in [6.45, 7) is 3.94. The van der Waals surface area contributed by atoms with Gasteiger partial charge in [-0.25, -0.2) is 4.39 Å². The Hall–Kier alpha value is -3.18. The van der Waals surface area contributed by atoms with Crippen LogP contribution in [0.4, 0.5) is 4.39 Å². The second-order valence-electron chi connectivity index (χ2n) is 11.1. The number of hydrogen-bond donors (Lipinski definition) is 0. The largest absolute Gasteiger partial charge is 0.426 e. The maximum atomic E-state index is 14.7. The maximum absolute atomic E-state index is 14.7. The van der Waals surface area contributed by atoms with Gasteiger partial charge in [0.05, 0.1) is 11.1 Å². The highest BCUT2D eigenvalue weighted by molar-refractivity contribution is 5.71. The molecule has 3 saturated carbocycles. The van der Waals surface area contributed by atoms with Crippen LogP contribution < -0.4 is 4.74 Å². The SMILES string of the molecule is CCCCCC12CCC(c3ccc(CCc4ccc(OC(=O)CC)cc4F)c(C#N)c3C#N)(CC1)CC2. The molecule has 0 spiro atoms. The molecule has 0 saturated heterocycles. The van der Waals surface area contributed by atoms with Crippen LogP contribution in [0.5, 0.6) is 5.75 Å². The van der Waals surface area contributed by atoms with E-state index in [1.54, 1.807) is 19.1 Å². The average molecular weight is 501 g/mol. The maximum Gasteiger partial charge on any atom is 0.310 e. The summed E-state index contributed by atoms with van der Waals surface area (Å²) in [5.74, 6) is -0.661. The highest BCUT2D eigenvalue weighted by atomic mass is 19.1. The first kappa shape index (κ1) is 26.9. The number of esters is 1. The zero-order valence-corrected chi connectivity index (χ0v) is 22.2. The molecule has 5 heteroatoms. The zero-order valence-electron chi connectivity index (χ0n) is 22.2. The van der Waals surface area contributed by atoms with Crippen molar-refractivity contribution in [2.45, 2.75) is 103 Å². The molecule has 0 aromatic heterocycles. The number of ether oxygens (including phenoxy) is 1. The number of hydrogen-bond acceptors (Lipinski definition) is 4. The van der Waals surface area contributed by atoms with Gasteiger partial charge in [-0.2, -0.15) is 10.5 Å².